The number of methoxy groups -OCH3 is 1. The normalized spacial score (nSPS) is 47.0. The maximum Gasteiger partial charge on any atom is 0.189 e. The molecule has 0 aromatic carbocycles. The Morgan fingerprint density at radius 3 is 2.56 bits per heavy atom. The minimum atomic E-state index is -0.900. The summed E-state index contributed by atoms with van der Waals surface area (Å²) >= 11 is 0. The largest absolute Gasteiger partial charge is 0.388 e. The molecule has 2 aliphatic heterocycles. The molecule has 4 heteroatoms. The van der Waals surface area contributed by atoms with Crippen molar-refractivity contribution in [2.24, 2.45) is 17.3 Å². The summed E-state index contributed by atoms with van der Waals surface area (Å²) < 4.78 is 18.1. The molecule has 3 fully saturated rings. The van der Waals surface area contributed by atoms with Crippen molar-refractivity contribution in [1.29, 1.82) is 0 Å². The Balaban J connectivity index is 1.81. The first kappa shape index (κ1) is 19.1. The minimum Gasteiger partial charge on any atom is -0.388 e. The van der Waals surface area contributed by atoms with Crippen LogP contribution < -0.4 is 0 Å². The lowest BCUT2D eigenvalue weighted by Crippen LogP contribution is -2.55. The number of fused-ring (bicyclic) bond motifs is 1. The average Bonchev–Trinajstić information content (AvgIpc) is 3.28. The molecule has 2 saturated heterocycles. The summed E-state index contributed by atoms with van der Waals surface area (Å²) in [7, 11) is 1.67. The van der Waals surface area contributed by atoms with Crippen LogP contribution in [0.3, 0.4) is 0 Å². The number of ether oxygens (including phenoxy) is 3. The molecule has 7 unspecified atom stereocenters. The molecule has 0 aromatic rings. The molecular weight excluding hydrogens is 316 g/mol. The number of hydrogen-bond acceptors (Lipinski definition) is 4. The third-order valence-electron chi connectivity index (χ3n) is 6.93. The SMILES string of the molecule is C=CC1(C)CCC(C23OC2CC(C(C)(C)O)OC3OC)CC1C(=C)C. The van der Waals surface area contributed by atoms with Crippen LogP contribution in [0.4, 0.5) is 0 Å². The summed E-state index contributed by atoms with van der Waals surface area (Å²) in [6.07, 6.45) is 5.39. The van der Waals surface area contributed by atoms with Crippen LogP contribution in [-0.4, -0.2) is 41.9 Å². The molecule has 1 N–H and O–H groups in total. The first-order valence-electron chi connectivity index (χ1n) is 9.46. The van der Waals surface area contributed by atoms with Crippen molar-refractivity contribution in [2.75, 3.05) is 7.11 Å². The Kier molecular flexibility index (Phi) is 4.73. The van der Waals surface area contributed by atoms with Crippen LogP contribution in [0.1, 0.15) is 53.4 Å². The monoisotopic (exact) mass is 350 g/mol. The second-order valence-corrected chi connectivity index (χ2v) is 9.12. The fourth-order valence-corrected chi connectivity index (χ4v) is 5.15. The number of rotatable bonds is 5. The smallest absolute Gasteiger partial charge is 0.189 e. The molecule has 7 atom stereocenters. The quantitative estimate of drug-likeness (QED) is 0.604. The van der Waals surface area contributed by atoms with E-state index in [2.05, 4.69) is 33.1 Å². The summed E-state index contributed by atoms with van der Waals surface area (Å²) in [4.78, 5) is 0. The Hall–Kier alpha value is -0.680. The van der Waals surface area contributed by atoms with Gasteiger partial charge in [-0.2, -0.15) is 0 Å². The van der Waals surface area contributed by atoms with Gasteiger partial charge in [0.2, 0.25) is 0 Å². The highest BCUT2D eigenvalue weighted by molar-refractivity contribution is 5.19. The summed E-state index contributed by atoms with van der Waals surface area (Å²) in [5.74, 6) is 0.771. The minimum absolute atomic E-state index is 0.0943. The van der Waals surface area contributed by atoms with Gasteiger partial charge in [0, 0.05) is 13.5 Å². The van der Waals surface area contributed by atoms with E-state index in [1.165, 1.54) is 5.57 Å². The lowest BCUT2D eigenvalue weighted by molar-refractivity contribution is -0.243. The standard InChI is InChI=1S/C21H34O4/c1-8-20(6)10-9-14(11-15(20)13(2)3)21-17(25-21)12-16(19(4,5)22)24-18(21)23-7/h8,14-18,22H,1-2,9-12H2,3-7H3. The van der Waals surface area contributed by atoms with E-state index < -0.39 is 11.9 Å². The molecule has 0 amide bonds. The topological polar surface area (TPSA) is 51.2 Å². The molecule has 3 aliphatic rings. The van der Waals surface area contributed by atoms with E-state index in [-0.39, 0.29) is 23.2 Å². The van der Waals surface area contributed by atoms with E-state index in [0.29, 0.717) is 11.8 Å². The molecule has 25 heavy (non-hydrogen) atoms. The third-order valence-corrected chi connectivity index (χ3v) is 6.93. The number of hydrogen-bond donors (Lipinski definition) is 1. The Bertz CT molecular complexity index is 551. The second-order valence-electron chi connectivity index (χ2n) is 9.12. The molecule has 1 saturated carbocycles. The predicted molar refractivity (Wildman–Crippen MR) is 98.1 cm³/mol. The van der Waals surface area contributed by atoms with Crippen molar-refractivity contribution in [2.45, 2.75) is 83.1 Å². The molecule has 0 aromatic heterocycles. The van der Waals surface area contributed by atoms with Gasteiger partial charge in [-0.15, -0.1) is 6.58 Å². The third kappa shape index (κ3) is 3.01. The molecule has 0 radical (unpaired) electrons. The van der Waals surface area contributed by atoms with E-state index in [0.717, 1.165) is 25.7 Å². The number of aliphatic hydroxyl groups is 1. The summed E-state index contributed by atoms with van der Waals surface area (Å²) in [5, 5.41) is 10.3. The molecule has 142 valence electrons. The van der Waals surface area contributed by atoms with Crippen LogP contribution in [0.15, 0.2) is 24.8 Å². The van der Waals surface area contributed by atoms with Gasteiger partial charge in [0.15, 0.2) is 6.29 Å². The average molecular weight is 350 g/mol. The molecular formula is C21H34O4. The van der Waals surface area contributed by atoms with Crippen LogP contribution in [0.5, 0.6) is 0 Å². The van der Waals surface area contributed by atoms with Gasteiger partial charge in [0.1, 0.15) is 5.60 Å². The van der Waals surface area contributed by atoms with Crippen LogP contribution in [-0.2, 0) is 14.2 Å². The van der Waals surface area contributed by atoms with Gasteiger partial charge >= 0.3 is 0 Å². The molecule has 1 aliphatic carbocycles. The second kappa shape index (κ2) is 6.19. The fourth-order valence-electron chi connectivity index (χ4n) is 5.15. The fraction of sp³-hybridized carbons (Fsp3) is 0.810. The number of allylic oxidation sites excluding steroid dienone is 2. The zero-order chi connectivity index (χ0) is 18.6. The van der Waals surface area contributed by atoms with Crippen molar-refractivity contribution in [3.05, 3.63) is 24.8 Å². The Morgan fingerprint density at radius 1 is 1.36 bits per heavy atom. The van der Waals surface area contributed by atoms with Gasteiger partial charge in [-0.05, 0) is 57.3 Å². The maximum atomic E-state index is 10.3. The van der Waals surface area contributed by atoms with Crippen LogP contribution >= 0.6 is 0 Å². The molecule has 4 nitrogen and oxygen atoms in total. The highest BCUT2D eigenvalue weighted by Crippen LogP contribution is 2.60. The first-order chi connectivity index (χ1) is 11.6. The highest BCUT2D eigenvalue weighted by atomic mass is 16.7. The zero-order valence-corrected chi connectivity index (χ0v) is 16.4. The van der Waals surface area contributed by atoms with Crippen molar-refractivity contribution < 1.29 is 19.3 Å². The van der Waals surface area contributed by atoms with Gasteiger partial charge in [-0.25, -0.2) is 0 Å². The maximum absolute atomic E-state index is 10.3. The van der Waals surface area contributed by atoms with Gasteiger partial charge < -0.3 is 19.3 Å². The van der Waals surface area contributed by atoms with Gasteiger partial charge in [-0.1, -0.05) is 25.2 Å². The molecule has 0 bridgehead atoms. The van der Waals surface area contributed by atoms with Crippen LogP contribution in [0.25, 0.3) is 0 Å². The van der Waals surface area contributed by atoms with Crippen LogP contribution in [0, 0.1) is 17.3 Å². The van der Waals surface area contributed by atoms with Crippen molar-refractivity contribution >= 4 is 0 Å². The summed E-state index contributed by atoms with van der Waals surface area (Å²) in [6, 6.07) is 0. The van der Waals surface area contributed by atoms with E-state index in [4.69, 9.17) is 14.2 Å². The number of epoxide rings is 1. The molecule has 0 spiro atoms. The molecule has 3 rings (SSSR count). The van der Waals surface area contributed by atoms with Gasteiger partial charge in [-0.3, -0.25) is 0 Å². The van der Waals surface area contributed by atoms with Crippen molar-refractivity contribution in [1.82, 2.24) is 0 Å². The predicted octanol–water partition coefficient (Wildman–Crippen LogP) is 3.84. The highest BCUT2D eigenvalue weighted by Gasteiger charge is 2.71. The summed E-state index contributed by atoms with van der Waals surface area (Å²) in [5.41, 5.74) is 0.0353. The summed E-state index contributed by atoms with van der Waals surface area (Å²) in [6.45, 7) is 16.3. The van der Waals surface area contributed by atoms with Crippen molar-refractivity contribution in [3.63, 3.8) is 0 Å². The van der Waals surface area contributed by atoms with Gasteiger partial charge in [0.25, 0.3) is 0 Å². The lowest BCUT2D eigenvalue weighted by atomic mass is 9.59. The van der Waals surface area contributed by atoms with E-state index in [1.54, 1.807) is 21.0 Å². The first-order valence-corrected chi connectivity index (χ1v) is 9.46. The van der Waals surface area contributed by atoms with Gasteiger partial charge in [0.05, 0.1) is 17.8 Å². The Morgan fingerprint density at radius 2 is 2.04 bits per heavy atom. The zero-order valence-electron chi connectivity index (χ0n) is 16.4. The Labute approximate surface area is 152 Å². The van der Waals surface area contributed by atoms with E-state index in [1.807, 2.05) is 0 Å². The van der Waals surface area contributed by atoms with E-state index in [9.17, 15) is 5.11 Å². The van der Waals surface area contributed by atoms with E-state index >= 15 is 0 Å². The molecule has 2 heterocycles. The van der Waals surface area contributed by atoms with Crippen molar-refractivity contribution in [3.8, 4) is 0 Å². The van der Waals surface area contributed by atoms with Crippen LogP contribution in [0.2, 0.25) is 0 Å². The lowest BCUT2D eigenvalue weighted by Gasteiger charge is -2.47.